The average Bonchev–Trinajstić information content (AvgIpc) is 3.10. The summed E-state index contributed by atoms with van der Waals surface area (Å²) in [5, 5.41) is 3.93. The maximum Gasteiger partial charge on any atom is 0.337 e. The van der Waals surface area contributed by atoms with Crippen LogP contribution < -0.4 is 10.3 Å². The number of carbonyl (C=O) groups excluding carboxylic acids is 3. The summed E-state index contributed by atoms with van der Waals surface area (Å²) in [4.78, 5) is 37.4. The molecule has 0 bridgehead atoms. The van der Waals surface area contributed by atoms with Gasteiger partial charge in [-0.3, -0.25) is 9.59 Å². The summed E-state index contributed by atoms with van der Waals surface area (Å²) >= 11 is 0. The Balaban J connectivity index is 1.56. The van der Waals surface area contributed by atoms with Crippen molar-refractivity contribution in [3.8, 4) is 0 Å². The minimum absolute atomic E-state index is 0.0799. The normalized spacial score (nSPS) is 16.6. The number of amides is 2. The van der Waals surface area contributed by atoms with E-state index in [-0.39, 0.29) is 18.2 Å². The first-order valence-corrected chi connectivity index (χ1v) is 8.45. The summed E-state index contributed by atoms with van der Waals surface area (Å²) in [5.41, 5.74) is 4.41. The van der Waals surface area contributed by atoms with Crippen LogP contribution in [0.2, 0.25) is 0 Å². The third-order valence-electron chi connectivity index (χ3n) is 4.28. The molecule has 2 amide bonds. The van der Waals surface area contributed by atoms with Crippen LogP contribution in [0.25, 0.3) is 0 Å². The van der Waals surface area contributed by atoms with Crippen molar-refractivity contribution in [3.63, 3.8) is 0 Å². The van der Waals surface area contributed by atoms with Crippen LogP contribution in [0.3, 0.4) is 0 Å². The zero-order valence-corrected chi connectivity index (χ0v) is 14.8. The van der Waals surface area contributed by atoms with Crippen molar-refractivity contribution in [1.82, 2.24) is 5.43 Å². The van der Waals surface area contributed by atoms with Crippen molar-refractivity contribution in [2.75, 3.05) is 18.6 Å². The number of carbonyl (C=O) groups is 3. The second-order valence-corrected chi connectivity index (χ2v) is 6.09. The molecule has 1 atom stereocenters. The van der Waals surface area contributed by atoms with Crippen molar-refractivity contribution in [1.29, 1.82) is 0 Å². The molecule has 1 fully saturated rings. The lowest BCUT2D eigenvalue weighted by atomic mass is 10.1. The van der Waals surface area contributed by atoms with Gasteiger partial charge in [0.1, 0.15) is 0 Å². The van der Waals surface area contributed by atoms with Crippen LogP contribution in [0.15, 0.2) is 59.7 Å². The number of rotatable bonds is 5. The van der Waals surface area contributed by atoms with Crippen LogP contribution in [-0.4, -0.2) is 37.7 Å². The summed E-state index contributed by atoms with van der Waals surface area (Å²) in [6.45, 7) is 0.331. The fraction of sp³-hybridized carbons (Fsp3) is 0.200. The number of esters is 1. The first-order chi connectivity index (χ1) is 13.1. The van der Waals surface area contributed by atoms with Gasteiger partial charge in [0.2, 0.25) is 11.8 Å². The van der Waals surface area contributed by atoms with E-state index in [1.54, 1.807) is 29.2 Å². The molecule has 1 saturated heterocycles. The van der Waals surface area contributed by atoms with E-state index in [4.69, 9.17) is 0 Å². The maximum absolute atomic E-state index is 12.3. The second-order valence-electron chi connectivity index (χ2n) is 6.09. The van der Waals surface area contributed by atoms with Crippen LogP contribution in [0.1, 0.15) is 22.3 Å². The SMILES string of the molecule is COC(=O)c1ccc(/C=N\NC(=O)[C@@H]2CC(=O)N(c3ccccc3)C2)cc1. The van der Waals surface area contributed by atoms with Crippen molar-refractivity contribution in [2.45, 2.75) is 6.42 Å². The molecule has 0 aliphatic carbocycles. The van der Waals surface area contributed by atoms with Gasteiger partial charge in [-0.25, -0.2) is 10.2 Å². The maximum atomic E-state index is 12.3. The molecule has 2 aromatic rings. The van der Waals surface area contributed by atoms with Crippen molar-refractivity contribution in [3.05, 3.63) is 65.7 Å². The van der Waals surface area contributed by atoms with Gasteiger partial charge in [-0.15, -0.1) is 0 Å². The second kappa shape index (κ2) is 8.27. The molecule has 3 rings (SSSR count). The summed E-state index contributed by atoms with van der Waals surface area (Å²) in [6, 6.07) is 15.9. The lowest BCUT2D eigenvalue weighted by Crippen LogP contribution is -2.30. The van der Waals surface area contributed by atoms with E-state index < -0.39 is 11.9 Å². The first-order valence-electron chi connectivity index (χ1n) is 8.45. The Bertz CT molecular complexity index is 863. The highest BCUT2D eigenvalue weighted by Crippen LogP contribution is 2.24. The number of ether oxygens (including phenoxy) is 1. The zero-order valence-electron chi connectivity index (χ0n) is 14.8. The summed E-state index contributed by atoms with van der Waals surface area (Å²) in [7, 11) is 1.32. The van der Waals surface area contributed by atoms with Crippen molar-refractivity contribution in [2.24, 2.45) is 11.0 Å². The Morgan fingerprint density at radius 1 is 1.15 bits per heavy atom. The molecule has 2 aromatic carbocycles. The molecule has 0 unspecified atom stereocenters. The highest BCUT2D eigenvalue weighted by molar-refractivity contribution is 6.00. The van der Waals surface area contributed by atoms with Crippen LogP contribution in [0.5, 0.6) is 0 Å². The molecule has 1 N–H and O–H groups in total. The summed E-state index contributed by atoms with van der Waals surface area (Å²) in [5.74, 6) is -1.25. The lowest BCUT2D eigenvalue weighted by molar-refractivity contribution is -0.126. The molecule has 1 aliphatic rings. The Kier molecular flexibility index (Phi) is 5.61. The molecular formula is C20H19N3O4. The topological polar surface area (TPSA) is 88.1 Å². The highest BCUT2D eigenvalue weighted by atomic mass is 16.5. The number of hydrogen-bond donors (Lipinski definition) is 1. The number of benzene rings is 2. The molecule has 1 aliphatic heterocycles. The molecular weight excluding hydrogens is 346 g/mol. The van der Waals surface area contributed by atoms with Crippen LogP contribution >= 0.6 is 0 Å². The molecule has 0 saturated carbocycles. The Labute approximate surface area is 156 Å². The van der Waals surface area contributed by atoms with Crippen LogP contribution in [0.4, 0.5) is 5.69 Å². The van der Waals surface area contributed by atoms with Gasteiger partial charge < -0.3 is 9.64 Å². The number of anilines is 1. The molecule has 27 heavy (non-hydrogen) atoms. The van der Waals surface area contributed by atoms with Gasteiger partial charge in [-0.05, 0) is 29.8 Å². The third kappa shape index (κ3) is 4.38. The number of para-hydroxylation sites is 1. The lowest BCUT2D eigenvalue weighted by Gasteiger charge is -2.16. The Hall–Kier alpha value is -3.48. The fourth-order valence-electron chi connectivity index (χ4n) is 2.83. The van der Waals surface area contributed by atoms with Gasteiger partial charge in [-0.1, -0.05) is 30.3 Å². The van der Waals surface area contributed by atoms with E-state index in [0.717, 1.165) is 11.3 Å². The van der Waals surface area contributed by atoms with Crippen LogP contribution in [0, 0.1) is 5.92 Å². The number of nitrogens with one attached hydrogen (secondary N) is 1. The molecule has 0 aromatic heterocycles. The highest BCUT2D eigenvalue weighted by Gasteiger charge is 2.34. The molecule has 0 spiro atoms. The van der Waals surface area contributed by atoms with E-state index in [1.807, 2.05) is 30.3 Å². The molecule has 0 radical (unpaired) electrons. The largest absolute Gasteiger partial charge is 0.465 e. The molecule has 7 heteroatoms. The van der Waals surface area contributed by atoms with E-state index in [0.29, 0.717) is 12.1 Å². The van der Waals surface area contributed by atoms with Gasteiger partial charge in [0.25, 0.3) is 0 Å². The number of hydrazone groups is 1. The number of hydrogen-bond acceptors (Lipinski definition) is 5. The van der Waals surface area contributed by atoms with Crippen molar-refractivity contribution >= 4 is 29.7 Å². The monoisotopic (exact) mass is 365 g/mol. The number of methoxy groups -OCH3 is 1. The van der Waals surface area contributed by atoms with Crippen molar-refractivity contribution < 1.29 is 19.1 Å². The van der Waals surface area contributed by atoms with Gasteiger partial charge >= 0.3 is 5.97 Å². The predicted molar refractivity (Wildman–Crippen MR) is 100 cm³/mol. The van der Waals surface area contributed by atoms with Gasteiger partial charge in [0.15, 0.2) is 0 Å². The minimum Gasteiger partial charge on any atom is -0.465 e. The summed E-state index contributed by atoms with van der Waals surface area (Å²) in [6.07, 6.45) is 1.63. The predicted octanol–water partition coefficient (Wildman–Crippen LogP) is 1.98. The quantitative estimate of drug-likeness (QED) is 0.499. The van der Waals surface area contributed by atoms with E-state index >= 15 is 0 Å². The Morgan fingerprint density at radius 3 is 2.52 bits per heavy atom. The van der Waals surface area contributed by atoms with E-state index in [1.165, 1.54) is 13.3 Å². The standard InChI is InChI=1S/C20H19N3O4/c1-27-20(26)15-9-7-14(8-10-15)12-21-22-19(25)16-11-18(24)23(13-16)17-5-3-2-4-6-17/h2-10,12,16H,11,13H2,1H3,(H,22,25)/b21-12-/t16-/m1/s1. The summed E-state index contributed by atoms with van der Waals surface area (Å²) < 4.78 is 4.63. The van der Waals surface area contributed by atoms with Crippen LogP contribution in [-0.2, 0) is 14.3 Å². The molecule has 138 valence electrons. The third-order valence-corrected chi connectivity index (χ3v) is 4.28. The minimum atomic E-state index is -0.448. The Morgan fingerprint density at radius 2 is 1.85 bits per heavy atom. The fourth-order valence-corrected chi connectivity index (χ4v) is 2.83. The van der Waals surface area contributed by atoms with E-state index in [9.17, 15) is 14.4 Å². The molecule has 1 heterocycles. The van der Waals surface area contributed by atoms with Gasteiger partial charge in [0, 0.05) is 18.7 Å². The van der Waals surface area contributed by atoms with Gasteiger partial charge in [0.05, 0.1) is 24.8 Å². The first kappa shape index (κ1) is 18.3. The van der Waals surface area contributed by atoms with E-state index in [2.05, 4.69) is 15.3 Å². The number of nitrogens with zero attached hydrogens (tertiary/aromatic N) is 2. The zero-order chi connectivity index (χ0) is 19.2. The smallest absolute Gasteiger partial charge is 0.337 e. The van der Waals surface area contributed by atoms with Gasteiger partial charge in [-0.2, -0.15) is 5.10 Å². The molecule has 7 nitrogen and oxygen atoms in total. The average molecular weight is 365 g/mol.